The Hall–Kier alpha value is -1.03. The predicted molar refractivity (Wildman–Crippen MR) is 60.8 cm³/mol. The minimum Gasteiger partial charge on any atom is -0.310 e. The number of hydrogen-bond donors (Lipinski definition) is 1. The van der Waals surface area contributed by atoms with E-state index in [1.54, 1.807) is 6.07 Å². The number of nitrogens with one attached hydrogen (secondary N) is 1. The summed E-state index contributed by atoms with van der Waals surface area (Å²) >= 11 is 0. The standard InChI is InChI=1S/C13H16F3N/c1-2-3-12-11-8-10(13(14,15)16)5-4-9(11)6-7-17-12/h4-5,8,12,17H,2-3,6-7H2,1H3. The predicted octanol–water partition coefficient (Wildman–Crippen LogP) is 3.69. The van der Waals surface area contributed by atoms with Gasteiger partial charge in [0, 0.05) is 6.04 Å². The molecule has 0 bridgehead atoms. The summed E-state index contributed by atoms with van der Waals surface area (Å²) in [5, 5.41) is 3.29. The molecule has 0 radical (unpaired) electrons. The van der Waals surface area contributed by atoms with Crippen molar-refractivity contribution < 1.29 is 13.2 Å². The highest BCUT2D eigenvalue weighted by Gasteiger charge is 2.32. The van der Waals surface area contributed by atoms with E-state index in [0.29, 0.717) is 0 Å². The van der Waals surface area contributed by atoms with Crippen LogP contribution in [0.2, 0.25) is 0 Å². The number of benzene rings is 1. The maximum atomic E-state index is 12.7. The first-order valence-corrected chi connectivity index (χ1v) is 5.95. The molecular weight excluding hydrogens is 227 g/mol. The Morgan fingerprint density at radius 2 is 2.12 bits per heavy atom. The van der Waals surface area contributed by atoms with Crippen LogP contribution in [0.15, 0.2) is 18.2 Å². The van der Waals surface area contributed by atoms with Crippen molar-refractivity contribution in [1.29, 1.82) is 0 Å². The Labute approximate surface area is 99.0 Å². The molecule has 0 fully saturated rings. The topological polar surface area (TPSA) is 12.0 Å². The maximum Gasteiger partial charge on any atom is 0.416 e. The van der Waals surface area contributed by atoms with Crippen LogP contribution in [-0.2, 0) is 12.6 Å². The second-order valence-electron chi connectivity index (χ2n) is 4.46. The molecule has 1 nitrogen and oxygen atoms in total. The molecule has 1 aliphatic rings. The molecule has 0 aromatic heterocycles. The fourth-order valence-electron chi connectivity index (χ4n) is 2.36. The monoisotopic (exact) mass is 243 g/mol. The smallest absolute Gasteiger partial charge is 0.310 e. The van der Waals surface area contributed by atoms with E-state index in [1.165, 1.54) is 12.1 Å². The van der Waals surface area contributed by atoms with Gasteiger partial charge in [-0.2, -0.15) is 13.2 Å². The second kappa shape index (κ2) is 4.69. The SMILES string of the molecule is CCCC1NCCc2ccc(C(F)(F)F)cc21. The minimum atomic E-state index is -4.25. The summed E-state index contributed by atoms with van der Waals surface area (Å²) < 4.78 is 38.0. The maximum absolute atomic E-state index is 12.7. The summed E-state index contributed by atoms with van der Waals surface area (Å²) in [5.74, 6) is 0. The molecule has 1 atom stereocenters. The molecule has 0 amide bonds. The van der Waals surface area contributed by atoms with E-state index in [1.807, 2.05) is 6.92 Å². The Morgan fingerprint density at radius 3 is 2.76 bits per heavy atom. The van der Waals surface area contributed by atoms with Crippen molar-refractivity contribution in [3.05, 3.63) is 34.9 Å². The van der Waals surface area contributed by atoms with E-state index in [4.69, 9.17) is 0 Å². The zero-order chi connectivity index (χ0) is 12.5. The molecular formula is C13H16F3N. The van der Waals surface area contributed by atoms with E-state index in [2.05, 4.69) is 5.32 Å². The summed E-state index contributed by atoms with van der Waals surface area (Å²) in [6, 6.07) is 4.20. The summed E-state index contributed by atoms with van der Waals surface area (Å²) in [4.78, 5) is 0. The van der Waals surface area contributed by atoms with Gasteiger partial charge in [-0.15, -0.1) is 0 Å². The van der Waals surface area contributed by atoms with Crippen molar-refractivity contribution in [3.8, 4) is 0 Å². The molecule has 1 N–H and O–H groups in total. The molecule has 94 valence electrons. The third-order valence-corrected chi connectivity index (χ3v) is 3.21. The highest BCUT2D eigenvalue weighted by Crippen LogP contribution is 2.34. The van der Waals surface area contributed by atoms with Crippen molar-refractivity contribution in [2.24, 2.45) is 0 Å². The average Bonchev–Trinajstić information content (AvgIpc) is 2.28. The van der Waals surface area contributed by atoms with Crippen LogP contribution < -0.4 is 5.32 Å². The number of fused-ring (bicyclic) bond motifs is 1. The third-order valence-electron chi connectivity index (χ3n) is 3.21. The van der Waals surface area contributed by atoms with Crippen LogP contribution in [0.5, 0.6) is 0 Å². The van der Waals surface area contributed by atoms with Gasteiger partial charge < -0.3 is 5.32 Å². The highest BCUT2D eigenvalue weighted by molar-refractivity contribution is 5.37. The van der Waals surface area contributed by atoms with Crippen molar-refractivity contribution in [3.63, 3.8) is 0 Å². The van der Waals surface area contributed by atoms with Crippen molar-refractivity contribution in [2.45, 2.75) is 38.4 Å². The number of alkyl halides is 3. The summed E-state index contributed by atoms with van der Waals surface area (Å²) in [5.41, 5.74) is 1.34. The van der Waals surface area contributed by atoms with E-state index in [9.17, 15) is 13.2 Å². The van der Waals surface area contributed by atoms with Crippen LogP contribution in [0, 0.1) is 0 Å². The minimum absolute atomic E-state index is 0.0750. The lowest BCUT2D eigenvalue weighted by Crippen LogP contribution is -2.30. The van der Waals surface area contributed by atoms with E-state index < -0.39 is 11.7 Å². The van der Waals surface area contributed by atoms with Crippen molar-refractivity contribution >= 4 is 0 Å². The van der Waals surface area contributed by atoms with E-state index >= 15 is 0 Å². The Morgan fingerprint density at radius 1 is 1.35 bits per heavy atom. The third kappa shape index (κ3) is 2.63. The second-order valence-corrected chi connectivity index (χ2v) is 4.46. The van der Waals surface area contributed by atoms with Crippen molar-refractivity contribution in [1.82, 2.24) is 5.32 Å². The van der Waals surface area contributed by atoms with Crippen molar-refractivity contribution in [2.75, 3.05) is 6.54 Å². The Balaban J connectivity index is 2.37. The zero-order valence-corrected chi connectivity index (χ0v) is 9.77. The molecule has 2 rings (SSSR count). The van der Waals surface area contributed by atoms with E-state index in [0.717, 1.165) is 36.9 Å². The molecule has 1 aromatic rings. The van der Waals surface area contributed by atoms with Gasteiger partial charge in [0.1, 0.15) is 0 Å². The highest BCUT2D eigenvalue weighted by atomic mass is 19.4. The largest absolute Gasteiger partial charge is 0.416 e. The van der Waals surface area contributed by atoms with Gasteiger partial charge >= 0.3 is 6.18 Å². The summed E-state index contributed by atoms with van der Waals surface area (Å²) in [6.45, 7) is 2.90. The van der Waals surface area contributed by atoms with Gasteiger partial charge in [-0.3, -0.25) is 0 Å². The van der Waals surface area contributed by atoms with Crippen LogP contribution >= 0.6 is 0 Å². The van der Waals surface area contributed by atoms with Gasteiger partial charge in [-0.05, 0) is 42.6 Å². The molecule has 0 saturated carbocycles. The first kappa shape index (κ1) is 12.4. The lowest BCUT2D eigenvalue weighted by Gasteiger charge is -2.27. The van der Waals surface area contributed by atoms with Gasteiger partial charge in [0.15, 0.2) is 0 Å². The lowest BCUT2D eigenvalue weighted by molar-refractivity contribution is -0.137. The van der Waals surface area contributed by atoms with Gasteiger partial charge in [-0.25, -0.2) is 0 Å². The number of halogens is 3. The fourth-order valence-corrected chi connectivity index (χ4v) is 2.36. The van der Waals surface area contributed by atoms with Crippen LogP contribution in [0.25, 0.3) is 0 Å². The van der Waals surface area contributed by atoms with Gasteiger partial charge in [-0.1, -0.05) is 19.4 Å². The molecule has 0 saturated heterocycles. The molecule has 1 aromatic carbocycles. The normalized spacial score (nSPS) is 20.1. The van der Waals surface area contributed by atoms with Gasteiger partial charge in [0.05, 0.1) is 5.56 Å². The number of hydrogen-bond acceptors (Lipinski definition) is 1. The summed E-state index contributed by atoms with van der Waals surface area (Å²) in [6.07, 6.45) is -1.58. The first-order valence-electron chi connectivity index (χ1n) is 5.95. The molecule has 0 aliphatic carbocycles. The zero-order valence-electron chi connectivity index (χ0n) is 9.77. The van der Waals surface area contributed by atoms with Gasteiger partial charge in [0.25, 0.3) is 0 Å². The number of rotatable bonds is 2. The Kier molecular flexibility index (Phi) is 3.43. The fraction of sp³-hybridized carbons (Fsp3) is 0.538. The average molecular weight is 243 g/mol. The first-order chi connectivity index (χ1) is 8.02. The molecule has 4 heteroatoms. The molecule has 1 unspecified atom stereocenters. The van der Waals surface area contributed by atoms with E-state index in [-0.39, 0.29) is 6.04 Å². The lowest BCUT2D eigenvalue weighted by atomic mass is 9.90. The van der Waals surface area contributed by atoms with Crippen LogP contribution in [-0.4, -0.2) is 6.54 Å². The van der Waals surface area contributed by atoms with Crippen LogP contribution in [0.4, 0.5) is 13.2 Å². The quantitative estimate of drug-likeness (QED) is 0.835. The molecule has 17 heavy (non-hydrogen) atoms. The van der Waals surface area contributed by atoms with Crippen LogP contribution in [0.1, 0.15) is 42.5 Å². The molecule has 1 aliphatic heterocycles. The Bertz CT molecular complexity index is 398. The van der Waals surface area contributed by atoms with Crippen LogP contribution in [0.3, 0.4) is 0 Å². The molecule has 0 spiro atoms. The molecule has 1 heterocycles. The summed E-state index contributed by atoms with van der Waals surface area (Å²) in [7, 11) is 0. The van der Waals surface area contributed by atoms with Gasteiger partial charge in [0.2, 0.25) is 0 Å².